The fraction of sp³-hybridized carbons (Fsp3) is 0.103. The molecular weight excluding hydrogens is 968 g/mol. The maximum absolute atomic E-state index is 12.2. The predicted molar refractivity (Wildman–Crippen MR) is 246 cm³/mol. The summed E-state index contributed by atoms with van der Waals surface area (Å²) in [7, 11) is -19.3. The zero-order chi connectivity index (χ0) is 47.8. The van der Waals surface area contributed by atoms with Gasteiger partial charge in [0.05, 0.1) is 29.4 Å². The van der Waals surface area contributed by atoms with E-state index in [-0.39, 0.29) is 93.5 Å². The summed E-state index contributed by atoms with van der Waals surface area (Å²) in [6.45, 7) is 3.25. The van der Waals surface area contributed by atoms with Crippen molar-refractivity contribution in [3.8, 4) is 0 Å². The number of fused-ring (bicyclic) bond motifs is 2. The van der Waals surface area contributed by atoms with Gasteiger partial charge in [0.2, 0.25) is 17.8 Å². The molecule has 0 saturated carbocycles. The van der Waals surface area contributed by atoms with Crippen LogP contribution in [0.25, 0.3) is 21.5 Å². The van der Waals surface area contributed by atoms with E-state index in [2.05, 4.69) is 51.4 Å². The minimum atomic E-state index is -4.87. The van der Waals surface area contributed by atoms with Crippen LogP contribution in [0.2, 0.25) is 0 Å². The van der Waals surface area contributed by atoms with Gasteiger partial charge in [-0.05, 0) is 97.8 Å². The van der Waals surface area contributed by atoms with E-state index < -0.39 is 60.1 Å². The number of aliphatic hydroxyl groups excluding tert-OH is 1. The summed E-state index contributed by atoms with van der Waals surface area (Å²) in [6.07, 6.45) is 0. The Bertz CT molecular complexity index is 3410. The maximum Gasteiger partial charge on any atom is 0.295 e. The Balaban J connectivity index is 0.00000741. The number of hydrogen-bond acceptors (Lipinski definition) is 19. The fourth-order valence-corrected chi connectivity index (χ4v) is 9.36. The molecule has 0 spiro atoms. The molecule has 0 fully saturated rings. The molecule has 67 heavy (non-hydrogen) atoms. The number of benzene rings is 6. The van der Waals surface area contributed by atoms with Gasteiger partial charge < -0.3 is 21.1 Å². The van der Waals surface area contributed by atoms with Crippen molar-refractivity contribution in [1.82, 2.24) is 15.0 Å². The van der Waals surface area contributed by atoms with E-state index in [1.54, 1.807) is 50.2 Å². The zero-order valence-electron chi connectivity index (χ0n) is 34.9. The Kier molecular flexibility index (Phi) is 14.9. The van der Waals surface area contributed by atoms with Crippen LogP contribution >= 0.6 is 0 Å². The largest absolute Gasteiger partial charge is 0.395 e. The molecule has 23 nitrogen and oxygen atoms in total. The molecule has 28 heteroatoms. The molecule has 0 saturated heterocycles. The number of azo groups is 2. The summed E-state index contributed by atoms with van der Waals surface area (Å²) in [6, 6.07) is 21.1. The van der Waals surface area contributed by atoms with Gasteiger partial charge in [0, 0.05) is 69.0 Å². The Labute approximate surface area is 403 Å². The number of aliphatic hydroxyl groups is 1. The first-order valence-electron chi connectivity index (χ1n) is 18.7. The van der Waals surface area contributed by atoms with Gasteiger partial charge in [0.25, 0.3) is 40.5 Å². The number of aromatic nitrogens is 3. The van der Waals surface area contributed by atoms with Crippen LogP contribution in [-0.4, -0.2) is 115 Å². The third-order valence-electron chi connectivity index (χ3n) is 9.40. The Morgan fingerprint density at radius 2 is 0.866 bits per heavy atom. The minimum Gasteiger partial charge on any atom is -0.395 e. The number of anilines is 5. The number of hydrogen-bond donors (Lipinski definition) is 8. The van der Waals surface area contributed by atoms with Crippen molar-refractivity contribution in [3.63, 3.8) is 0 Å². The van der Waals surface area contributed by atoms with Gasteiger partial charge >= 0.3 is 0 Å². The van der Waals surface area contributed by atoms with E-state index in [4.69, 9.17) is 0 Å². The first kappa shape index (κ1) is 50.5. The second-order valence-electron chi connectivity index (χ2n) is 14.1. The van der Waals surface area contributed by atoms with Gasteiger partial charge in [-0.3, -0.25) is 18.2 Å². The molecular formula is C39H34N10NaO13S4. The van der Waals surface area contributed by atoms with Gasteiger partial charge in [-0.15, -0.1) is 0 Å². The molecule has 7 aromatic rings. The van der Waals surface area contributed by atoms with Crippen LogP contribution in [0.1, 0.15) is 11.1 Å². The predicted octanol–water partition coefficient (Wildman–Crippen LogP) is 7.12. The average molecular weight is 1000 g/mol. The van der Waals surface area contributed by atoms with Crippen LogP contribution in [0.4, 0.5) is 52.0 Å². The summed E-state index contributed by atoms with van der Waals surface area (Å²) < 4.78 is 136. The standard InChI is InChI=1S/C39H34N10O13S4.Na/c1-21-15-23(9-11-31(21)48-46-25-17-29-27(35(19-25)65(57,58)59)5-3-7-33(29)63(51,52)53)41-38-43-37(40-13-14-50)44-39(45-38)42-24-10-12-32(22(2)16-24)49-47-26-18-30-28(36(20-26)66(60,61)62)6-4-8-34(30)64(54,55)56;/h3-12,15-20,50H,13-14H2,1-2H3,(H,51,52,53)(H,54,55,56)(H,57,58,59)(H,60,61,62)(H3,40,41,42,43,44,45);. The van der Waals surface area contributed by atoms with E-state index in [9.17, 15) is 57.0 Å². The summed E-state index contributed by atoms with van der Waals surface area (Å²) in [5.41, 5.74) is 2.39. The SMILES string of the molecule is Cc1cc(Nc2nc(NCCO)nc(Nc3ccc(N=Nc4cc(S(=O)(=O)O)c5cccc(S(=O)(=O)O)c5c4)c(C)c3)n2)ccc1N=Nc1cc(S(=O)(=O)O)c2cccc(S(=O)(=O)O)c2c1.[Na]. The number of nitrogens with one attached hydrogen (secondary N) is 3. The van der Waals surface area contributed by atoms with Gasteiger partial charge in [0.15, 0.2) is 0 Å². The monoisotopic (exact) mass is 1000 g/mol. The minimum absolute atomic E-state index is 0. The van der Waals surface area contributed by atoms with Crippen LogP contribution in [0.5, 0.6) is 0 Å². The van der Waals surface area contributed by atoms with Crippen molar-refractivity contribution in [2.24, 2.45) is 20.5 Å². The molecule has 0 aliphatic carbocycles. The molecule has 0 aliphatic heterocycles. The molecule has 1 heterocycles. The average Bonchev–Trinajstić information content (AvgIpc) is 3.22. The van der Waals surface area contributed by atoms with Crippen molar-refractivity contribution < 1.29 is 57.0 Å². The van der Waals surface area contributed by atoms with E-state index in [0.29, 0.717) is 33.9 Å². The molecule has 0 atom stereocenters. The zero-order valence-corrected chi connectivity index (χ0v) is 40.2. The molecule has 0 amide bonds. The molecule has 343 valence electrons. The number of rotatable bonds is 15. The smallest absolute Gasteiger partial charge is 0.295 e. The Hall–Kier alpha value is -5.95. The van der Waals surface area contributed by atoms with E-state index >= 15 is 0 Å². The Morgan fingerprint density at radius 3 is 1.22 bits per heavy atom. The summed E-state index contributed by atoms with van der Waals surface area (Å²) in [5.74, 6) is 0.204. The normalized spacial score (nSPS) is 12.5. The number of nitrogens with zero attached hydrogens (tertiary/aromatic N) is 7. The second kappa shape index (κ2) is 19.7. The molecule has 0 unspecified atom stereocenters. The van der Waals surface area contributed by atoms with Crippen molar-refractivity contribution in [3.05, 3.63) is 108 Å². The summed E-state index contributed by atoms with van der Waals surface area (Å²) in [4.78, 5) is 10.7. The second-order valence-corrected chi connectivity index (χ2v) is 19.7. The Morgan fingerprint density at radius 1 is 0.478 bits per heavy atom. The summed E-state index contributed by atoms with van der Waals surface area (Å²) in [5, 5.41) is 34.2. The van der Waals surface area contributed by atoms with Crippen LogP contribution in [0, 0.1) is 13.8 Å². The van der Waals surface area contributed by atoms with E-state index in [1.807, 2.05) is 0 Å². The first-order chi connectivity index (χ1) is 31.0. The van der Waals surface area contributed by atoms with Crippen molar-refractivity contribution >= 4 is 144 Å². The number of aryl methyl sites for hydroxylation is 2. The van der Waals surface area contributed by atoms with E-state index in [1.165, 1.54) is 36.4 Å². The summed E-state index contributed by atoms with van der Waals surface area (Å²) >= 11 is 0. The van der Waals surface area contributed by atoms with E-state index in [0.717, 1.165) is 24.3 Å². The molecule has 1 radical (unpaired) electrons. The van der Waals surface area contributed by atoms with Crippen molar-refractivity contribution in [2.75, 3.05) is 29.1 Å². The van der Waals surface area contributed by atoms with Gasteiger partial charge in [-0.1, -0.05) is 24.3 Å². The van der Waals surface area contributed by atoms with Gasteiger partial charge in [-0.2, -0.15) is 69.1 Å². The third-order valence-corrected chi connectivity index (χ3v) is 13.0. The molecule has 1 aromatic heterocycles. The quantitative estimate of drug-likeness (QED) is 0.0288. The molecule has 0 aliphatic rings. The van der Waals surface area contributed by atoms with Crippen molar-refractivity contribution in [1.29, 1.82) is 0 Å². The van der Waals surface area contributed by atoms with Gasteiger partial charge in [-0.25, -0.2) is 0 Å². The van der Waals surface area contributed by atoms with Crippen molar-refractivity contribution in [2.45, 2.75) is 33.4 Å². The molecule has 7 rings (SSSR count). The molecule has 6 aromatic carbocycles. The fourth-order valence-electron chi connectivity index (χ4n) is 6.52. The first-order valence-corrected chi connectivity index (χ1v) is 24.5. The maximum atomic E-state index is 12.2. The molecule has 0 bridgehead atoms. The van der Waals surface area contributed by atoms with Gasteiger partial charge in [0.1, 0.15) is 19.6 Å². The molecule has 8 N–H and O–H groups in total. The van der Waals surface area contributed by atoms with Crippen LogP contribution in [0.15, 0.2) is 137 Å². The van der Waals surface area contributed by atoms with Crippen LogP contribution in [-0.2, 0) is 40.5 Å². The topological polar surface area (TPSA) is 362 Å². The third kappa shape index (κ3) is 12.0. The van der Waals surface area contributed by atoms with Crippen LogP contribution < -0.4 is 16.0 Å². The van der Waals surface area contributed by atoms with Crippen LogP contribution in [0.3, 0.4) is 0 Å².